The molecular weight excluding hydrogens is 644 g/mol. The smallest absolute Gasteiger partial charge is 0.413 e. The number of aliphatic hydroxyl groups is 5. The minimum absolute atomic E-state index is 0. The van der Waals surface area contributed by atoms with Gasteiger partial charge in [0.15, 0.2) is 11.4 Å². The van der Waals surface area contributed by atoms with Gasteiger partial charge in [-0.1, -0.05) is 12.1 Å². The number of amides is 1. The Morgan fingerprint density at radius 1 is 1.00 bits per heavy atom. The van der Waals surface area contributed by atoms with Crippen molar-refractivity contribution in [2.24, 2.45) is 17.6 Å². The molecule has 0 heterocycles. The van der Waals surface area contributed by atoms with Crippen molar-refractivity contribution in [2.75, 3.05) is 14.1 Å². The van der Waals surface area contributed by atoms with Crippen molar-refractivity contribution in [1.29, 1.82) is 0 Å². The molecule has 4 rings (SSSR count). The van der Waals surface area contributed by atoms with E-state index in [0.717, 1.165) is 0 Å². The van der Waals surface area contributed by atoms with Gasteiger partial charge in [-0.3, -0.25) is 28.4 Å². The summed E-state index contributed by atoms with van der Waals surface area (Å²) in [5.41, 5.74) is -1.88. The number of primary amides is 1. The van der Waals surface area contributed by atoms with Crippen LogP contribution >= 0.6 is 0 Å². The lowest BCUT2D eigenvalue weighted by molar-refractivity contribution is -0.173. The van der Waals surface area contributed by atoms with Crippen molar-refractivity contribution in [2.45, 2.75) is 30.3 Å². The van der Waals surface area contributed by atoms with Crippen LogP contribution in [0.25, 0.3) is 0 Å². The molecule has 0 unspecified atom stereocenters. The zero-order valence-electron chi connectivity index (χ0n) is 22.7. The van der Waals surface area contributed by atoms with Gasteiger partial charge in [-0.15, -0.1) is 3.63 Å². The van der Waals surface area contributed by atoms with Crippen LogP contribution in [-0.2, 0) is 39.6 Å². The molecule has 22 heteroatoms. The Balaban J connectivity index is 0.000000770. The monoisotopic (exact) mass is 674 g/mol. The van der Waals surface area contributed by atoms with Gasteiger partial charge in [-0.2, -0.15) is 16.8 Å². The lowest BCUT2D eigenvalue weighted by Crippen LogP contribution is -2.70. The Morgan fingerprint density at radius 3 is 1.91 bits per heavy atom. The molecule has 0 saturated heterocycles. The number of benzene rings is 1. The first-order chi connectivity index (χ1) is 18.9. The van der Waals surface area contributed by atoms with Crippen LogP contribution in [0.3, 0.4) is 0 Å². The quantitative estimate of drug-likeness (QED) is 0.108. The average molecular weight is 675 g/mol. The van der Waals surface area contributed by atoms with E-state index in [9.17, 15) is 61.9 Å². The van der Waals surface area contributed by atoms with Crippen LogP contribution in [-0.4, -0.2) is 122 Å². The number of likely N-dealkylation sites (N-methyl/N-ethyl adjacent to an activating group) is 1. The fourth-order valence-electron chi connectivity index (χ4n) is 5.71. The number of carbonyl (C=O) groups is 3. The summed E-state index contributed by atoms with van der Waals surface area (Å²) in [5, 5.41) is 66.5. The molecule has 0 spiro atoms. The minimum atomic E-state index is -5.12. The largest absolute Gasteiger partial charge is 0.510 e. The number of hydrogen-bond acceptors (Lipinski definition) is 15. The van der Waals surface area contributed by atoms with E-state index in [1.807, 2.05) is 0 Å². The molecule has 6 atom stereocenters. The molecule has 0 aromatic heterocycles. The number of Topliss-reactive ketones (excluding diaryl/α,β-unsaturated/α-hetero) is 2. The fourth-order valence-corrected chi connectivity index (χ4v) is 6.58. The zero-order valence-corrected chi connectivity index (χ0v) is 24.4. The number of rotatable bonds is 4. The molecule has 248 valence electrons. The maximum absolute atomic E-state index is 13.3. The highest BCUT2D eigenvalue weighted by Crippen LogP contribution is 2.56. The molecule has 44 heavy (non-hydrogen) atoms. The molecule has 0 saturated carbocycles. The van der Waals surface area contributed by atoms with E-state index in [0.29, 0.717) is 0 Å². The second-order valence-corrected chi connectivity index (χ2v) is 12.2. The van der Waals surface area contributed by atoms with E-state index in [1.54, 1.807) is 0 Å². The maximum Gasteiger partial charge on any atom is 0.413 e. The van der Waals surface area contributed by atoms with E-state index < -0.39 is 102 Å². The maximum atomic E-state index is 13.3. The summed E-state index contributed by atoms with van der Waals surface area (Å²) < 4.78 is 55.6. The number of ketones is 2. The first-order valence-electron chi connectivity index (χ1n) is 11.4. The van der Waals surface area contributed by atoms with Crippen molar-refractivity contribution in [3.63, 3.8) is 0 Å². The van der Waals surface area contributed by atoms with Crippen LogP contribution in [0.4, 0.5) is 0 Å². The summed E-state index contributed by atoms with van der Waals surface area (Å²) in [5.74, 6) is -9.66. The Kier molecular flexibility index (Phi) is 10.6. The predicted octanol–water partition coefficient (Wildman–Crippen LogP) is -4.28. The molecule has 3 aliphatic carbocycles. The highest BCUT2D eigenvalue weighted by atomic mass is 32.3. The molecule has 0 fully saturated rings. The number of aromatic hydroxyl groups is 1. The van der Waals surface area contributed by atoms with Gasteiger partial charge >= 0.3 is 20.8 Å². The standard InChI is InChI=1S/C22H24N2O9.H2O7S2.2H2O/c1-21(32)7-5-4-6-8(25)9(7)15(26)10-12(21)17(28)13-14(24(2)3)16(27)11(20(23)31)19(30)22(13,33)18(10)29;1-8(2,3)7-9(4,5)6;;/h4-6,12-14,17,25,27-29,32-33H,1-3H3,(H2,23,31);(H,1,2,3)(H,4,5,6);2*1H2/t12-,13-,14+,17+,21-,22+;;;/m1.../s1. The van der Waals surface area contributed by atoms with E-state index in [1.165, 1.54) is 44.1 Å². The summed E-state index contributed by atoms with van der Waals surface area (Å²) in [6.07, 6.45) is -1.87. The highest BCUT2D eigenvalue weighted by molar-refractivity contribution is 7.94. The third kappa shape index (κ3) is 6.04. The van der Waals surface area contributed by atoms with E-state index in [-0.39, 0.29) is 22.1 Å². The number of hydrogen-bond donors (Lipinski definition) is 9. The number of aliphatic hydroxyl groups excluding tert-OH is 3. The third-order valence-corrected chi connectivity index (χ3v) is 8.58. The number of fused-ring (bicyclic) bond motifs is 3. The Hall–Kier alpha value is -3.55. The van der Waals surface area contributed by atoms with Crippen LogP contribution in [0.5, 0.6) is 5.75 Å². The number of nitrogens with two attached hydrogens (primary N) is 1. The Bertz CT molecular complexity index is 1630. The van der Waals surface area contributed by atoms with Crippen LogP contribution in [0, 0.1) is 11.8 Å². The normalized spacial score (nSPS) is 29.8. The lowest BCUT2D eigenvalue weighted by Gasteiger charge is -2.55. The SMILES string of the molecule is CN(C)[C@@H]1C(O)=C(C(N)=O)C(=O)[C@@]2(O)C(O)=C3C(=O)c4c(O)cccc4[C@@](C)(O)[C@H]3[C@H](O)[C@@H]12.O.O.O=S(=O)(O)OS(=O)(=O)O. The summed E-state index contributed by atoms with van der Waals surface area (Å²) in [6, 6.07) is 2.54. The number of carbonyl (C=O) groups excluding carboxylic acids is 3. The second-order valence-electron chi connectivity index (χ2n) is 9.98. The van der Waals surface area contributed by atoms with Crippen molar-refractivity contribution in [1.82, 2.24) is 4.90 Å². The zero-order chi connectivity index (χ0) is 32.5. The minimum Gasteiger partial charge on any atom is -0.510 e. The van der Waals surface area contributed by atoms with Gasteiger partial charge in [0.05, 0.1) is 40.7 Å². The predicted molar refractivity (Wildman–Crippen MR) is 142 cm³/mol. The Labute approximate surface area is 248 Å². The lowest BCUT2D eigenvalue weighted by atomic mass is 9.54. The van der Waals surface area contributed by atoms with Gasteiger partial charge in [-0.05, 0) is 32.6 Å². The summed E-state index contributed by atoms with van der Waals surface area (Å²) >= 11 is 0. The molecule has 0 radical (unpaired) electrons. The molecule has 1 aromatic carbocycles. The van der Waals surface area contributed by atoms with Crippen LogP contribution in [0.15, 0.2) is 40.9 Å². The third-order valence-electron chi connectivity index (χ3n) is 7.21. The van der Waals surface area contributed by atoms with Gasteiger partial charge in [-0.25, -0.2) is 0 Å². The fraction of sp³-hybridized carbons (Fsp3) is 0.409. The molecule has 1 amide bonds. The van der Waals surface area contributed by atoms with Crippen LogP contribution in [0.2, 0.25) is 0 Å². The second kappa shape index (κ2) is 12.1. The summed E-state index contributed by atoms with van der Waals surface area (Å²) in [4.78, 5) is 39.8. The molecular formula is C22H30N2O18S2. The number of phenolic OH excluding ortho intramolecular Hbond substituents is 1. The molecule has 14 N–H and O–H groups in total. The van der Waals surface area contributed by atoms with Crippen LogP contribution < -0.4 is 5.73 Å². The molecule has 0 bridgehead atoms. The first kappa shape index (κ1) is 38.5. The van der Waals surface area contributed by atoms with E-state index in [2.05, 4.69) is 3.63 Å². The van der Waals surface area contributed by atoms with E-state index in [4.69, 9.17) is 14.8 Å². The van der Waals surface area contributed by atoms with Crippen molar-refractivity contribution < 1.29 is 85.5 Å². The topological polar surface area (TPSA) is 383 Å². The van der Waals surface area contributed by atoms with Crippen LogP contribution in [0.1, 0.15) is 22.8 Å². The van der Waals surface area contributed by atoms with E-state index >= 15 is 0 Å². The average Bonchev–Trinajstić information content (AvgIpc) is 2.79. The Morgan fingerprint density at radius 2 is 1.50 bits per heavy atom. The van der Waals surface area contributed by atoms with Gasteiger partial charge in [0.1, 0.15) is 22.8 Å². The molecule has 0 aliphatic heterocycles. The molecule has 20 nitrogen and oxygen atoms in total. The number of nitrogens with zero attached hydrogens (tertiary/aromatic N) is 1. The van der Waals surface area contributed by atoms with Gasteiger partial charge in [0.25, 0.3) is 5.91 Å². The number of phenols is 1. The van der Waals surface area contributed by atoms with Gasteiger partial charge in [0, 0.05) is 0 Å². The van der Waals surface area contributed by atoms with Crippen molar-refractivity contribution in [3.05, 3.63) is 52.0 Å². The summed E-state index contributed by atoms with van der Waals surface area (Å²) in [7, 11) is -7.39. The summed E-state index contributed by atoms with van der Waals surface area (Å²) in [6.45, 7) is 1.25. The highest BCUT2D eigenvalue weighted by Gasteiger charge is 2.69. The van der Waals surface area contributed by atoms with Gasteiger partial charge in [0.2, 0.25) is 5.78 Å². The molecule has 1 aromatic rings. The van der Waals surface area contributed by atoms with Crippen molar-refractivity contribution >= 4 is 38.3 Å². The van der Waals surface area contributed by atoms with Crippen molar-refractivity contribution in [3.8, 4) is 5.75 Å². The molecule has 3 aliphatic rings. The first-order valence-corrected chi connectivity index (χ1v) is 14.2. The van der Waals surface area contributed by atoms with Gasteiger partial charge < -0.3 is 47.3 Å².